The van der Waals surface area contributed by atoms with E-state index >= 15 is 0 Å². The van der Waals surface area contributed by atoms with Crippen LogP contribution in [0.3, 0.4) is 0 Å². The van der Waals surface area contributed by atoms with Crippen molar-refractivity contribution in [2.24, 2.45) is 16.2 Å². The topological polar surface area (TPSA) is 61.8 Å². The summed E-state index contributed by atoms with van der Waals surface area (Å²) in [7, 11) is 2.99. The van der Waals surface area contributed by atoms with Gasteiger partial charge >= 0.3 is 11.9 Å². The standard InChI is InChI=1S/C29H32O5/c1-18-22(20-13-15-21(32-6)16-14-20)29(5)23(25(30)33-7)24(28(18,4)27(29,2)3)26(31)34-17-19-11-9-8-10-12-19/h8-16H,17H2,1-7H3. The monoisotopic (exact) mass is 460 g/mol. The number of rotatable bonds is 6. The molecule has 0 saturated carbocycles. The maximum Gasteiger partial charge on any atom is 0.335 e. The number of ether oxygens (including phenoxy) is 3. The maximum atomic E-state index is 13.6. The molecule has 0 amide bonds. The molecule has 4 rings (SSSR count). The summed E-state index contributed by atoms with van der Waals surface area (Å²) < 4.78 is 16.3. The van der Waals surface area contributed by atoms with E-state index in [1.807, 2.05) is 68.4 Å². The lowest BCUT2D eigenvalue weighted by atomic mass is 9.59. The summed E-state index contributed by atoms with van der Waals surface area (Å²) in [6.45, 7) is 10.5. The van der Waals surface area contributed by atoms with Gasteiger partial charge < -0.3 is 14.2 Å². The number of benzene rings is 2. The van der Waals surface area contributed by atoms with E-state index in [1.165, 1.54) is 7.11 Å². The van der Waals surface area contributed by atoms with Crippen LogP contribution in [-0.4, -0.2) is 26.2 Å². The number of carbonyl (C=O) groups is 2. The summed E-state index contributed by atoms with van der Waals surface area (Å²) in [5.74, 6) is -0.212. The number of allylic oxidation sites excluding steroid dienone is 2. The zero-order valence-corrected chi connectivity index (χ0v) is 20.9. The van der Waals surface area contributed by atoms with E-state index in [9.17, 15) is 9.59 Å². The number of methoxy groups -OCH3 is 2. The van der Waals surface area contributed by atoms with Gasteiger partial charge in [-0.1, -0.05) is 75.7 Å². The Hall–Kier alpha value is -3.34. The van der Waals surface area contributed by atoms with Gasteiger partial charge in [0.2, 0.25) is 0 Å². The quantitative estimate of drug-likeness (QED) is 0.514. The van der Waals surface area contributed by atoms with Crippen molar-refractivity contribution >= 4 is 17.5 Å². The van der Waals surface area contributed by atoms with Gasteiger partial charge in [0.1, 0.15) is 12.4 Å². The van der Waals surface area contributed by atoms with Gasteiger partial charge in [-0.05, 0) is 41.2 Å². The lowest BCUT2D eigenvalue weighted by Gasteiger charge is -2.42. The van der Waals surface area contributed by atoms with Gasteiger partial charge in [-0.15, -0.1) is 0 Å². The lowest BCUT2D eigenvalue weighted by Crippen LogP contribution is -2.39. The van der Waals surface area contributed by atoms with Crippen LogP contribution in [0.2, 0.25) is 0 Å². The Morgan fingerprint density at radius 2 is 1.38 bits per heavy atom. The molecular formula is C29H32O5. The first-order chi connectivity index (χ1) is 16.1. The van der Waals surface area contributed by atoms with Crippen LogP contribution in [-0.2, 0) is 25.7 Å². The molecule has 0 radical (unpaired) electrons. The molecule has 2 aliphatic carbocycles. The van der Waals surface area contributed by atoms with Gasteiger partial charge in [-0.3, -0.25) is 0 Å². The fraction of sp³-hybridized carbons (Fsp3) is 0.379. The third-order valence-electron chi connectivity index (χ3n) is 8.56. The fourth-order valence-corrected chi connectivity index (χ4v) is 6.12. The maximum absolute atomic E-state index is 13.6. The van der Waals surface area contributed by atoms with Crippen molar-refractivity contribution in [1.82, 2.24) is 0 Å². The first kappa shape index (κ1) is 23.8. The van der Waals surface area contributed by atoms with Gasteiger partial charge in [0.25, 0.3) is 0 Å². The SMILES string of the molecule is COC(=O)C1=C(C(=O)OCc2ccccc2)C2(C)C(C)=C(c3ccc(OC)cc3)C1(C)C2(C)C. The first-order valence-corrected chi connectivity index (χ1v) is 11.5. The molecule has 0 N–H and O–H groups in total. The van der Waals surface area contributed by atoms with E-state index < -0.39 is 28.2 Å². The highest BCUT2D eigenvalue weighted by Crippen LogP contribution is 2.77. The molecule has 2 aromatic carbocycles. The van der Waals surface area contributed by atoms with Crippen LogP contribution < -0.4 is 4.74 Å². The number of esters is 2. The molecule has 2 unspecified atom stereocenters. The van der Waals surface area contributed by atoms with E-state index in [-0.39, 0.29) is 6.61 Å². The number of hydrogen-bond acceptors (Lipinski definition) is 5. The Labute approximate surface area is 201 Å². The van der Waals surface area contributed by atoms with Crippen LogP contribution in [0.5, 0.6) is 5.75 Å². The zero-order chi connectivity index (χ0) is 24.9. The highest BCUT2D eigenvalue weighted by Gasteiger charge is 2.72. The van der Waals surface area contributed by atoms with E-state index in [0.29, 0.717) is 11.1 Å². The summed E-state index contributed by atoms with van der Waals surface area (Å²) in [5, 5.41) is 0. The summed E-state index contributed by atoms with van der Waals surface area (Å²) in [5.41, 5.74) is 2.82. The third-order valence-corrected chi connectivity index (χ3v) is 8.56. The molecule has 0 aliphatic heterocycles. The van der Waals surface area contributed by atoms with Crippen LogP contribution in [0, 0.1) is 16.2 Å². The van der Waals surface area contributed by atoms with Gasteiger partial charge in [0, 0.05) is 10.8 Å². The van der Waals surface area contributed by atoms with Crippen molar-refractivity contribution < 1.29 is 23.8 Å². The van der Waals surface area contributed by atoms with E-state index in [0.717, 1.165) is 28.0 Å². The second kappa shape index (κ2) is 8.15. The molecule has 0 heterocycles. The summed E-state index contributed by atoms with van der Waals surface area (Å²) >= 11 is 0. The highest BCUT2D eigenvalue weighted by atomic mass is 16.5. The molecule has 2 atom stereocenters. The van der Waals surface area contributed by atoms with Crippen LogP contribution in [0.25, 0.3) is 5.57 Å². The minimum atomic E-state index is -0.755. The van der Waals surface area contributed by atoms with Crippen LogP contribution in [0.1, 0.15) is 45.7 Å². The van der Waals surface area contributed by atoms with E-state index in [4.69, 9.17) is 14.2 Å². The Balaban J connectivity index is 1.86. The Bertz CT molecular complexity index is 1200. The Morgan fingerprint density at radius 3 is 1.94 bits per heavy atom. The van der Waals surface area contributed by atoms with Crippen LogP contribution >= 0.6 is 0 Å². The Morgan fingerprint density at radius 1 is 0.794 bits per heavy atom. The smallest absolute Gasteiger partial charge is 0.335 e. The molecule has 0 spiro atoms. The molecule has 34 heavy (non-hydrogen) atoms. The largest absolute Gasteiger partial charge is 0.497 e. The molecule has 0 aromatic heterocycles. The van der Waals surface area contributed by atoms with Crippen LogP contribution in [0.4, 0.5) is 0 Å². The minimum Gasteiger partial charge on any atom is -0.497 e. The molecule has 0 fully saturated rings. The van der Waals surface area contributed by atoms with E-state index in [1.54, 1.807) is 7.11 Å². The van der Waals surface area contributed by atoms with Gasteiger partial charge in [0.15, 0.2) is 0 Å². The molecular weight excluding hydrogens is 428 g/mol. The molecule has 178 valence electrons. The number of hydrogen-bond donors (Lipinski definition) is 0. The van der Waals surface area contributed by atoms with Crippen molar-refractivity contribution in [2.45, 2.75) is 41.2 Å². The average molecular weight is 461 g/mol. The molecule has 2 bridgehead atoms. The van der Waals surface area contributed by atoms with Crippen molar-refractivity contribution in [3.05, 3.63) is 82.4 Å². The summed E-state index contributed by atoms with van der Waals surface area (Å²) in [4.78, 5) is 26.9. The van der Waals surface area contributed by atoms with Crippen molar-refractivity contribution in [1.29, 1.82) is 0 Å². The Kier molecular flexibility index (Phi) is 5.71. The second-order valence-electron chi connectivity index (χ2n) is 9.91. The molecule has 5 nitrogen and oxygen atoms in total. The third kappa shape index (κ3) is 2.99. The number of carbonyl (C=O) groups excluding carboxylic acids is 2. The van der Waals surface area contributed by atoms with E-state index in [2.05, 4.69) is 20.8 Å². The van der Waals surface area contributed by atoms with Crippen molar-refractivity contribution in [3.63, 3.8) is 0 Å². The first-order valence-electron chi connectivity index (χ1n) is 11.5. The van der Waals surface area contributed by atoms with Crippen molar-refractivity contribution in [2.75, 3.05) is 14.2 Å². The zero-order valence-electron chi connectivity index (χ0n) is 20.9. The average Bonchev–Trinajstić information content (AvgIpc) is 3.06. The van der Waals surface area contributed by atoms with Crippen LogP contribution in [0.15, 0.2) is 71.3 Å². The predicted molar refractivity (Wildman–Crippen MR) is 131 cm³/mol. The van der Waals surface area contributed by atoms with Gasteiger partial charge in [0.05, 0.1) is 25.4 Å². The molecule has 2 aliphatic rings. The number of fused-ring (bicyclic) bond motifs is 2. The lowest BCUT2D eigenvalue weighted by molar-refractivity contribution is -0.143. The summed E-state index contributed by atoms with van der Waals surface area (Å²) in [6, 6.07) is 17.4. The minimum absolute atomic E-state index is 0.138. The van der Waals surface area contributed by atoms with Gasteiger partial charge in [-0.2, -0.15) is 0 Å². The second-order valence-corrected chi connectivity index (χ2v) is 9.91. The molecule has 0 saturated heterocycles. The molecule has 5 heteroatoms. The highest BCUT2D eigenvalue weighted by molar-refractivity contribution is 6.10. The molecule has 2 aromatic rings. The van der Waals surface area contributed by atoms with Crippen molar-refractivity contribution in [3.8, 4) is 5.75 Å². The van der Waals surface area contributed by atoms with Gasteiger partial charge in [-0.25, -0.2) is 9.59 Å². The normalized spacial score (nSPS) is 24.9. The summed E-state index contributed by atoms with van der Waals surface area (Å²) in [6.07, 6.45) is 0. The fourth-order valence-electron chi connectivity index (χ4n) is 6.12. The predicted octanol–water partition coefficient (Wildman–Crippen LogP) is 5.75.